The van der Waals surface area contributed by atoms with Crippen LogP contribution in [0.25, 0.3) is 0 Å². The minimum absolute atomic E-state index is 0.515. The predicted octanol–water partition coefficient (Wildman–Crippen LogP) is 2.59. The van der Waals surface area contributed by atoms with Crippen LogP contribution in [0.2, 0.25) is 0 Å². The number of hydrogen-bond donors (Lipinski definition) is 1. The molecule has 1 N–H and O–H groups in total. The molecule has 2 aliphatic rings. The van der Waals surface area contributed by atoms with Crippen LogP contribution in [0.3, 0.4) is 0 Å². The lowest BCUT2D eigenvalue weighted by molar-refractivity contribution is 0.0529. The van der Waals surface area contributed by atoms with E-state index in [-0.39, 0.29) is 0 Å². The number of nitrogens with one attached hydrogen (secondary N) is 1. The zero-order valence-corrected chi connectivity index (χ0v) is 13.7. The number of nitrogens with zero attached hydrogens (tertiary/aromatic N) is 2. The van der Waals surface area contributed by atoms with Crippen molar-refractivity contribution in [2.75, 3.05) is 6.61 Å². The summed E-state index contributed by atoms with van der Waals surface area (Å²) in [6.45, 7) is 6.35. The number of aromatic nitrogens is 2. The summed E-state index contributed by atoms with van der Waals surface area (Å²) in [6, 6.07) is 0.626. The highest BCUT2D eigenvalue weighted by molar-refractivity contribution is 5.26. The van der Waals surface area contributed by atoms with Crippen molar-refractivity contribution < 1.29 is 4.74 Å². The zero-order valence-electron chi connectivity index (χ0n) is 13.7. The molecule has 1 aromatic rings. The molecular formula is C17H29N3O. The Balaban J connectivity index is 1.69. The lowest BCUT2D eigenvalue weighted by Gasteiger charge is -2.33. The maximum absolute atomic E-state index is 5.88. The summed E-state index contributed by atoms with van der Waals surface area (Å²) < 4.78 is 7.94. The lowest BCUT2D eigenvalue weighted by Crippen LogP contribution is -2.42. The third-order valence-electron chi connectivity index (χ3n) is 5.35. The van der Waals surface area contributed by atoms with Crippen LogP contribution in [0.15, 0.2) is 0 Å². The van der Waals surface area contributed by atoms with Gasteiger partial charge in [-0.05, 0) is 38.5 Å². The van der Waals surface area contributed by atoms with E-state index in [0.717, 1.165) is 31.9 Å². The standard InChI is InChI=1S/C17H29N3O/c1-4-14-13(16(5-2)20(3)19-14)11-18-15-7-6-8-17-12(15)9-10-21-17/h12,15,17-18H,4-11H2,1-3H3/t12-,15+,17-/m0/s1. The second kappa shape index (κ2) is 6.49. The first-order chi connectivity index (χ1) is 10.2. The van der Waals surface area contributed by atoms with Crippen molar-refractivity contribution in [1.82, 2.24) is 15.1 Å². The maximum atomic E-state index is 5.88. The average Bonchev–Trinajstić information content (AvgIpc) is 3.08. The Bertz CT molecular complexity index is 483. The molecule has 0 bridgehead atoms. The Labute approximate surface area is 128 Å². The molecule has 0 radical (unpaired) electrons. The quantitative estimate of drug-likeness (QED) is 0.906. The second-order valence-corrected chi connectivity index (χ2v) is 6.48. The van der Waals surface area contributed by atoms with E-state index < -0.39 is 0 Å². The number of fused-ring (bicyclic) bond motifs is 1. The summed E-state index contributed by atoms with van der Waals surface area (Å²) in [6.07, 6.45) is 7.68. The largest absolute Gasteiger partial charge is 0.378 e. The van der Waals surface area contributed by atoms with Crippen molar-refractivity contribution in [1.29, 1.82) is 0 Å². The molecule has 118 valence electrons. The van der Waals surface area contributed by atoms with Crippen LogP contribution in [0.4, 0.5) is 0 Å². The molecule has 0 spiro atoms. The van der Waals surface area contributed by atoms with E-state index in [2.05, 4.69) is 36.0 Å². The van der Waals surface area contributed by atoms with Crippen molar-refractivity contribution in [3.05, 3.63) is 17.0 Å². The summed E-state index contributed by atoms with van der Waals surface area (Å²) in [5.74, 6) is 0.727. The van der Waals surface area contributed by atoms with Crippen molar-refractivity contribution >= 4 is 0 Å². The molecular weight excluding hydrogens is 262 g/mol. The van der Waals surface area contributed by atoms with Gasteiger partial charge in [0.25, 0.3) is 0 Å². The first-order valence-corrected chi connectivity index (χ1v) is 8.63. The minimum Gasteiger partial charge on any atom is -0.378 e. The fraction of sp³-hybridized carbons (Fsp3) is 0.824. The Morgan fingerprint density at radius 1 is 1.24 bits per heavy atom. The van der Waals surface area contributed by atoms with Gasteiger partial charge in [0.1, 0.15) is 0 Å². The number of hydrogen-bond acceptors (Lipinski definition) is 3. The average molecular weight is 291 g/mol. The van der Waals surface area contributed by atoms with E-state index in [4.69, 9.17) is 4.74 Å². The molecule has 1 aliphatic carbocycles. The van der Waals surface area contributed by atoms with E-state index in [1.807, 2.05) is 0 Å². The van der Waals surface area contributed by atoms with Gasteiger partial charge < -0.3 is 10.1 Å². The third kappa shape index (κ3) is 2.88. The third-order valence-corrected chi connectivity index (χ3v) is 5.35. The van der Waals surface area contributed by atoms with Crippen LogP contribution in [0.1, 0.15) is 56.5 Å². The number of ether oxygens (including phenoxy) is 1. The Hall–Kier alpha value is -0.870. The molecule has 3 rings (SSSR count). The van der Waals surface area contributed by atoms with Gasteiger partial charge in [-0.2, -0.15) is 5.10 Å². The summed E-state index contributed by atoms with van der Waals surface area (Å²) in [5, 5.41) is 8.52. The van der Waals surface area contributed by atoms with E-state index in [1.165, 1.54) is 42.6 Å². The van der Waals surface area contributed by atoms with Gasteiger partial charge in [-0.3, -0.25) is 4.68 Å². The van der Waals surface area contributed by atoms with Gasteiger partial charge in [-0.15, -0.1) is 0 Å². The molecule has 4 nitrogen and oxygen atoms in total. The summed E-state index contributed by atoms with van der Waals surface area (Å²) in [4.78, 5) is 0. The van der Waals surface area contributed by atoms with Gasteiger partial charge in [0.15, 0.2) is 0 Å². The molecule has 2 heterocycles. The van der Waals surface area contributed by atoms with Gasteiger partial charge in [-0.25, -0.2) is 0 Å². The summed E-state index contributed by atoms with van der Waals surface area (Å²) in [5.41, 5.74) is 4.08. The SMILES string of the molecule is CCc1nn(C)c(CC)c1CN[C@@H]1CCC[C@@H]2OCC[C@H]21. The van der Waals surface area contributed by atoms with E-state index in [0.29, 0.717) is 12.1 Å². The van der Waals surface area contributed by atoms with E-state index in [1.54, 1.807) is 0 Å². The molecule has 3 atom stereocenters. The molecule has 1 saturated heterocycles. The van der Waals surface area contributed by atoms with Crippen LogP contribution in [-0.2, 0) is 31.2 Å². The Kier molecular flexibility index (Phi) is 4.65. The highest BCUT2D eigenvalue weighted by atomic mass is 16.5. The predicted molar refractivity (Wildman–Crippen MR) is 84.3 cm³/mol. The summed E-state index contributed by atoms with van der Waals surface area (Å²) >= 11 is 0. The molecule has 4 heteroatoms. The minimum atomic E-state index is 0.515. The maximum Gasteiger partial charge on any atom is 0.0669 e. The Morgan fingerprint density at radius 2 is 2.10 bits per heavy atom. The lowest BCUT2D eigenvalue weighted by atomic mass is 9.81. The van der Waals surface area contributed by atoms with Crippen LogP contribution >= 0.6 is 0 Å². The second-order valence-electron chi connectivity index (χ2n) is 6.48. The van der Waals surface area contributed by atoms with Crippen LogP contribution < -0.4 is 5.32 Å². The molecule has 1 saturated carbocycles. The van der Waals surface area contributed by atoms with Crippen molar-refractivity contribution in [2.45, 2.75) is 71.1 Å². The van der Waals surface area contributed by atoms with Gasteiger partial charge in [0, 0.05) is 43.4 Å². The molecule has 1 aliphatic heterocycles. The van der Waals surface area contributed by atoms with Gasteiger partial charge in [-0.1, -0.05) is 13.8 Å². The van der Waals surface area contributed by atoms with E-state index in [9.17, 15) is 0 Å². The number of aryl methyl sites for hydroxylation is 2. The first-order valence-electron chi connectivity index (χ1n) is 8.63. The normalized spacial score (nSPS) is 28.8. The molecule has 1 aromatic heterocycles. The molecule has 21 heavy (non-hydrogen) atoms. The highest BCUT2D eigenvalue weighted by Crippen LogP contribution is 2.34. The monoisotopic (exact) mass is 291 g/mol. The van der Waals surface area contributed by atoms with Crippen molar-refractivity contribution in [3.8, 4) is 0 Å². The fourth-order valence-corrected chi connectivity index (χ4v) is 4.26. The molecule has 2 fully saturated rings. The van der Waals surface area contributed by atoms with E-state index >= 15 is 0 Å². The van der Waals surface area contributed by atoms with Gasteiger partial charge >= 0.3 is 0 Å². The highest BCUT2D eigenvalue weighted by Gasteiger charge is 2.37. The fourth-order valence-electron chi connectivity index (χ4n) is 4.26. The summed E-state index contributed by atoms with van der Waals surface area (Å²) in [7, 11) is 2.07. The van der Waals surface area contributed by atoms with Gasteiger partial charge in [0.05, 0.1) is 11.8 Å². The zero-order chi connectivity index (χ0) is 14.8. The smallest absolute Gasteiger partial charge is 0.0669 e. The van der Waals surface area contributed by atoms with Crippen molar-refractivity contribution in [2.24, 2.45) is 13.0 Å². The van der Waals surface area contributed by atoms with Gasteiger partial charge in [0.2, 0.25) is 0 Å². The van der Waals surface area contributed by atoms with Crippen molar-refractivity contribution in [3.63, 3.8) is 0 Å². The molecule has 0 aromatic carbocycles. The topological polar surface area (TPSA) is 39.1 Å². The molecule has 0 amide bonds. The molecule has 0 unspecified atom stereocenters. The number of rotatable bonds is 5. The first kappa shape index (κ1) is 15.0. The van der Waals surface area contributed by atoms with Crippen LogP contribution in [0.5, 0.6) is 0 Å². The van der Waals surface area contributed by atoms with Crippen LogP contribution in [0, 0.1) is 5.92 Å². The van der Waals surface area contributed by atoms with Crippen LogP contribution in [-0.4, -0.2) is 28.5 Å². The Morgan fingerprint density at radius 3 is 2.86 bits per heavy atom.